The number of halogens is 1. The average Bonchev–Trinajstić information content (AvgIpc) is 2.96. The highest BCUT2D eigenvalue weighted by atomic mass is 35.5. The first kappa shape index (κ1) is 14.4. The molecule has 2 aliphatic heterocycles. The van der Waals surface area contributed by atoms with Crippen molar-refractivity contribution in [3.05, 3.63) is 33.7 Å². The van der Waals surface area contributed by atoms with Gasteiger partial charge in [0.2, 0.25) is 0 Å². The quantitative estimate of drug-likeness (QED) is 0.816. The lowest BCUT2D eigenvalue weighted by Crippen LogP contribution is -2.27. The van der Waals surface area contributed by atoms with Gasteiger partial charge in [-0.15, -0.1) is 0 Å². The van der Waals surface area contributed by atoms with E-state index in [9.17, 15) is 9.59 Å². The SMILES string of the molecule is N[C@@H]1CCN(c2c(Cl)cccc2C=C2SC(=O)NC2=O)C1. The van der Waals surface area contributed by atoms with Gasteiger partial charge in [0.15, 0.2) is 0 Å². The number of carbonyl (C=O) groups is 2. The Morgan fingerprint density at radius 1 is 1.43 bits per heavy atom. The fourth-order valence-corrected chi connectivity index (χ4v) is 3.51. The number of carbonyl (C=O) groups excluding carboxylic acids is 2. The molecule has 0 spiro atoms. The lowest BCUT2D eigenvalue weighted by Gasteiger charge is -2.22. The maximum Gasteiger partial charge on any atom is 0.290 e. The number of amides is 2. The second-order valence-corrected chi connectivity index (χ2v) is 6.45. The van der Waals surface area contributed by atoms with Crippen LogP contribution in [0.2, 0.25) is 5.02 Å². The number of benzene rings is 1. The van der Waals surface area contributed by atoms with Crippen LogP contribution in [-0.2, 0) is 4.79 Å². The molecule has 2 saturated heterocycles. The summed E-state index contributed by atoms with van der Waals surface area (Å²) in [4.78, 5) is 25.4. The summed E-state index contributed by atoms with van der Waals surface area (Å²) in [6.45, 7) is 1.57. The number of anilines is 1. The van der Waals surface area contributed by atoms with Crippen molar-refractivity contribution in [1.29, 1.82) is 0 Å². The Kier molecular flexibility index (Phi) is 3.93. The Balaban J connectivity index is 1.99. The Morgan fingerprint density at radius 2 is 2.24 bits per heavy atom. The standard InChI is InChI=1S/C14H14ClN3O2S/c15-10-3-1-2-8(6-11-13(19)17-14(20)21-11)12(10)18-5-4-9(16)7-18/h1-3,6,9H,4-5,7,16H2,(H,17,19,20)/t9-/m1/s1. The summed E-state index contributed by atoms with van der Waals surface area (Å²) in [6, 6.07) is 5.66. The predicted octanol–water partition coefficient (Wildman–Crippen LogP) is 2.20. The summed E-state index contributed by atoms with van der Waals surface area (Å²) in [5.41, 5.74) is 7.64. The Hall–Kier alpha value is -1.50. The maximum atomic E-state index is 11.7. The van der Waals surface area contributed by atoms with Crippen molar-refractivity contribution >= 4 is 46.3 Å². The van der Waals surface area contributed by atoms with Gasteiger partial charge in [-0.3, -0.25) is 14.9 Å². The zero-order chi connectivity index (χ0) is 15.0. The van der Waals surface area contributed by atoms with Gasteiger partial charge in [-0.25, -0.2) is 0 Å². The highest BCUT2D eigenvalue weighted by Crippen LogP contribution is 2.35. The molecule has 2 aliphatic rings. The van der Waals surface area contributed by atoms with Crippen LogP contribution >= 0.6 is 23.4 Å². The molecular formula is C14H14ClN3O2S. The summed E-state index contributed by atoms with van der Waals surface area (Å²) in [6.07, 6.45) is 2.62. The average molecular weight is 324 g/mol. The summed E-state index contributed by atoms with van der Waals surface area (Å²) in [5.74, 6) is -0.367. The zero-order valence-corrected chi connectivity index (χ0v) is 12.7. The van der Waals surface area contributed by atoms with E-state index < -0.39 is 0 Å². The van der Waals surface area contributed by atoms with Crippen molar-refractivity contribution < 1.29 is 9.59 Å². The van der Waals surface area contributed by atoms with Crippen LogP contribution in [0.1, 0.15) is 12.0 Å². The van der Waals surface area contributed by atoms with Gasteiger partial charge in [0.1, 0.15) is 0 Å². The fourth-order valence-electron chi connectivity index (χ4n) is 2.53. The number of nitrogens with one attached hydrogen (secondary N) is 1. The summed E-state index contributed by atoms with van der Waals surface area (Å²) >= 11 is 7.22. The Morgan fingerprint density at radius 3 is 2.86 bits per heavy atom. The summed E-state index contributed by atoms with van der Waals surface area (Å²) < 4.78 is 0. The minimum atomic E-state index is -0.367. The molecule has 0 unspecified atom stereocenters. The molecule has 3 rings (SSSR count). The van der Waals surface area contributed by atoms with E-state index in [1.165, 1.54) is 0 Å². The molecule has 5 nitrogen and oxygen atoms in total. The number of rotatable bonds is 2. The largest absolute Gasteiger partial charge is 0.368 e. The van der Waals surface area contributed by atoms with E-state index in [4.69, 9.17) is 17.3 Å². The number of hydrogen-bond donors (Lipinski definition) is 2. The Bertz CT molecular complexity index is 647. The molecule has 2 heterocycles. The third-order valence-electron chi connectivity index (χ3n) is 3.49. The molecular weight excluding hydrogens is 310 g/mol. The third-order valence-corrected chi connectivity index (χ3v) is 4.60. The van der Waals surface area contributed by atoms with Gasteiger partial charge in [0.25, 0.3) is 11.1 Å². The minimum Gasteiger partial charge on any atom is -0.368 e. The van der Waals surface area contributed by atoms with E-state index in [2.05, 4.69) is 10.2 Å². The molecule has 0 bridgehead atoms. The Labute approximate surface area is 131 Å². The number of thioether (sulfide) groups is 1. The van der Waals surface area contributed by atoms with Crippen LogP contribution in [0.25, 0.3) is 6.08 Å². The molecule has 0 saturated carbocycles. The summed E-state index contributed by atoms with van der Waals surface area (Å²) in [7, 11) is 0. The minimum absolute atomic E-state index is 0.132. The van der Waals surface area contributed by atoms with Gasteiger partial charge in [0.05, 0.1) is 15.6 Å². The van der Waals surface area contributed by atoms with Crippen molar-refractivity contribution in [1.82, 2.24) is 5.32 Å². The monoisotopic (exact) mass is 323 g/mol. The van der Waals surface area contributed by atoms with Gasteiger partial charge >= 0.3 is 0 Å². The van der Waals surface area contributed by atoms with Gasteiger partial charge < -0.3 is 10.6 Å². The van der Waals surface area contributed by atoms with E-state index >= 15 is 0 Å². The number of hydrogen-bond acceptors (Lipinski definition) is 5. The van der Waals surface area contributed by atoms with Crippen LogP contribution in [0.5, 0.6) is 0 Å². The van der Waals surface area contributed by atoms with Gasteiger partial charge in [0, 0.05) is 24.7 Å². The molecule has 1 aromatic carbocycles. The molecule has 0 aliphatic carbocycles. The summed E-state index contributed by atoms with van der Waals surface area (Å²) in [5, 5.41) is 2.52. The first-order valence-electron chi connectivity index (χ1n) is 6.58. The topological polar surface area (TPSA) is 75.4 Å². The lowest BCUT2D eigenvalue weighted by atomic mass is 10.1. The van der Waals surface area contributed by atoms with Crippen LogP contribution < -0.4 is 16.0 Å². The van der Waals surface area contributed by atoms with Crippen LogP contribution in [-0.4, -0.2) is 30.3 Å². The lowest BCUT2D eigenvalue weighted by molar-refractivity contribution is -0.115. The molecule has 0 aromatic heterocycles. The van der Waals surface area contributed by atoms with E-state index in [1.807, 2.05) is 18.2 Å². The molecule has 3 N–H and O–H groups in total. The molecule has 1 atom stereocenters. The first-order chi connectivity index (χ1) is 10.0. The fraction of sp³-hybridized carbons (Fsp3) is 0.286. The van der Waals surface area contributed by atoms with Crippen molar-refractivity contribution in [2.24, 2.45) is 5.73 Å². The van der Waals surface area contributed by atoms with Crippen LogP contribution in [0.15, 0.2) is 23.1 Å². The number of para-hydroxylation sites is 1. The third kappa shape index (κ3) is 2.92. The number of nitrogens with zero attached hydrogens (tertiary/aromatic N) is 1. The van der Waals surface area contributed by atoms with Crippen molar-refractivity contribution in [3.63, 3.8) is 0 Å². The smallest absolute Gasteiger partial charge is 0.290 e. The van der Waals surface area contributed by atoms with Crippen molar-refractivity contribution in [3.8, 4) is 0 Å². The van der Waals surface area contributed by atoms with E-state index in [0.717, 1.165) is 42.5 Å². The van der Waals surface area contributed by atoms with Crippen LogP contribution in [0.4, 0.5) is 10.5 Å². The molecule has 2 amide bonds. The molecule has 1 aromatic rings. The van der Waals surface area contributed by atoms with Crippen molar-refractivity contribution in [2.75, 3.05) is 18.0 Å². The molecule has 7 heteroatoms. The van der Waals surface area contributed by atoms with E-state index in [-0.39, 0.29) is 17.2 Å². The van der Waals surface area contributed by atoms with E-state index in [1.54, 1.807) is 6.08 Å². The van der Waals surface area contributed by atoms with Crippen LogP contribution in [0.3, 0.4) is 0 Å². The van der Waals surface area contributed by atoms with E-state index in [0.29, 0.717) is 9.93 Å². The predicted molar refractivity (Wildman–Crippen MR) is 85.4 cm³/mol. The number of nitrogens with two attached hydrogens (primary N) is 1. The second-order valence-electron chi connectivity index (χ2n) is 5.02. The first-order valence-corrected chi connectivity index (χ1v) is 7.78. The number of imide groups is 1. The normalized spacial score (nSPS) is 24.0. The highest BCUT2D eigenvalue weighted by molar-refractivity contribution is 8.18. The molecule has 0 radical (unpaired) electrons. The van der Waals surface area contributed by atoms with Gasteiger partial charge in [-0.05, 0) is 30.3 Å². The molecule has 21 heavy (non-hydrogen) atoms. The zero-order valence-electron chi connectivity index (χ0n) is 11.1. The van der Waals surface area contributed by atoms with Crippen LogP contribution in [0, 0.1) is 0 Å². The van der Waals surface area contributed by atoms with Gasteiger partial charge in [-0.2, -0.15) is 0 Å². The van der Waals surface area contributed by atoms with Crippen molar-refractivity contribution in [2.45, 2.75) is 12.5 Å². The van der Waals surface area contributed by atoms with Gasteiger partial charge in [-0.1, -0.05) is 23.7 Å². The molecule has 2 fully saturated rings. The molecule has 110 valence electrons. The maximum absolute atomic E-state index is 11.7. The second kappa shape index (κ2) is 5.71. The highest BCUT2D eigenvalue weighted by Gasteiger charge is 2.27.